The number of benzene rings is 1. The van der Waals surface area contributed by atoms with Crippen molar-refractivity contribution in [3.8, 4) is 0 Å². The molecule has 0 spiro atoms. The summed E-state index contributed by atoms with van der Waals surface area (Å²) in [6, 6.07) is 4.60. The largest absolute Gasteiger partial charge is 0.449 e. The zero-order valence-electron chi connectivity index (χ0n) is 11.8. The lowest BCUT2D eigenvalue weighted by Crippen LogP contribution is -2.16. The molecule has 0 fully saturated rings. The molecule has 0 aliphatic heterocycles. The van der Waals surface area contributed by atoms with Crippen LogP contribution in [0.15, 0.2) is 18.2 Å². The van der Waals surface area contributed by atoms with Crippen LogP contribution in [0.5, 0.6) is 0 Å². The fourth-order valence-corrected chi connectivity index (χ4v) is 2.16. The molecule has 4 nitrogen and oxygen atoms in total. The van der Waals surface area contributed by atoms with Gasteiger partial charge in [-0.1, -0.05) is 6.92 Å². The molecule has 2 N–H and O–H groups in total. The van der Waals surface area contributed by atoms with Gasteiger partial charge in [0.1, 0.15) is 0 Å². The number of ether oxygens (including phenoxy) is 1. The van der Waals surface area contributed by atoms with E-state index in [0.717, 1.165) is 6.42 Å². The third-order valence-electron chi connectivity index (χ3n) is 3.04. The smallest absolute Gasteiger partial charge is 0.399 e. The molecule has 1 aromatic heterocycles. The summed E-state index contributed by atoms with van der Waals surface area (Å²) in [5.41, 5.74) is 6.69. The van der Waals surface area contributed by atoms with Gasteiger partial charge in [0.25, 0.3) is 0 Å². The summed E-state index contributed by atoms with van der Waals surface area (Å²) in [4.78, 5) is 3.68. The highest BCUT2D eigenvalue weighted by Gasteiger charge is 2.37. The molecule has 1 aromatic carbocycles. The highest BCUT2D eigenvalue weighted by atomic mass is 19.4. The molecule has 0 saturated carbocycles. The SMILES string of the molecule is CCCOCCCn1c(C(F)(F)F)nc2cc(N)ccc21. The van der Waals surface area contributed by atoms with Crippen molar-refractivity contribution in [1.82, 2.24) is 9.55 Å². The molecule has 0 unspecified atom stereocenters. The number of anilines is 1. The van der Waals surface area contributed by atoms with E-state index in [1.54, 1.807) is 12.1 Å². The number of hydrogen-bond donors (Lipinski definition) is 1. The lowest BCUT2D eigenvalue weighted by molar-refractivity contribution is -0.147. The second kappa shape index (κ2) is 6.34. The molecule has 2 aromatic rings. The van der Waals surface area contributed by atoms with E-state index in [4.69, 9.17) is 10.5 Å². The summed E-state index contributed by atoms with van der Waals surface area (Å²) in [5.74, 6) is -0.890. The number of nitrogen functional groups attached to an aromatic ring is 1. The van der Waals surface area contributed by atoms with Crippen LogP contribution < -0.4 is 5.73 Å². The second-order valence-corrected chi connectivity index (χ2v) is 4.80. The van der Waals surface area contributed by atoms with Gasteiger partial charge in [-0.2, -0.15) is 13.2 Å². The van der Waals surface area contributed by atoms with E-state index in [9.17, 15) is 13.2 Å². The van der Waals surface area contributed by atoms with Crippen LogP contribution in [-0.4, -0.2) is 22.8 Å². The van der Waals surface area contributed by atoms with E-state index in [1.165, 1.54) is 10.6 Å². The summed E-state index contributed by atoms with van der Waals surface area (Å²) < 4.78 is 45.7. The Bertz CT molecular complexity index is 607. The predicted molar refractivity (Wildman–Crippen MR) is 74.9 cm³/mol. The quantitative estimate of drug-likeness (QED) is 0.656. The minimum Gasteiger partial charge on any atom is -0.399 e. The summed E-state index contributed by atoms with van der Waals surface area (Å²) in [5, 5.41) is 0. The van der Waals surface area contributed by atoms with Gasteiger partial charge in [0.2, 0.25) is 5.82 Å². The predicted octanol–water partition coefficient (Wildman–Crippen LogP) is 3.45. The van der Waals surface area contributed by atoms with Gasteiger partial charge in [0.15, 0.2) is 0 Å². The van der Waals surface area contributed by atoms with Gasteiger partial charge in [-0.05, 0) is 31.0 Å². The topological polar surface area (TPSA) is 53.1 Å². The molecule has 21 heavy (non-hydrogen) atoms. The number of aromatic nitrogens is 2. The van der Waals surface area contributed by atoms with Gasteiger partial charge in [-0.3, -0.25) is 0 Å². The molecular formula is C14H18F3N3O. The molecule has 0 radical (unpaired) electrons. The maximum Gasteiger partial charge on any atom is 0.449 e. The van der Waals surface area contributed by atoms with Crippen molar-refractivity contribution in [2.24, 2.45) is 0 Å². The first-order chi connectivity index (χ1) is 9.93. The maximum atomic E-state index is 13.1. The monoisotopic (exact) mass is 301 g/mol. The first-order valence-corrected chi connectivity index (χ1v) is 6.84. The molecule has 116 valence electrons. The molecule has 0 aliphatic rings. The molecule has 0 amide bonds. The van der Waals surface area contributed by atoms with E-state index >= 15 is 0 Å². The zero-order chi connectivity index (χ0) is 15.5. The van der Waals surface area contributed by atoms with Crippen molar-refractivity contribution >= 4 is 16.7 Å². The number of alkyl halides is 3. The van der Waals surface area contributed by atoms with Crippen LogP contribution in [0.4, 0.5) is 18.9 Å². The van der Waals surface area contributed by atoms with Gasteiger partial charge in [-0.25, -0.2) is 4.98 Å². The van der Waals surface area contributed by atoms with Gasteiger partial charge < -0.3 is 15.0 Å². The van der Waals surface area contributed by atoms with Crippen molar-refractivity contribution in [3.05, 3.63) is 24.0 Å². The number of rotatable bonds is 6. The Kier molecular flexibility index (Phi) is 4.72. The summed E-state index contributed by atoms with van der Waals surface area (Å²) >= 11 is 0. The van der Waals surface area contributed by atoms with E-state index in [2.05, 4.69) is 4.98 Å². The Hall–Kier alpha value is -1.76. The Morgan fingerprint density at radius 1 is 1.29 bits per heavy atom. The van der Waals surface area contributed by atoms with Gasteiger partial charge >= 0.3 is 6.18 Å². The molecule has 1 heterocycles. The molecule has 0 aliphatic carbocycles. The van der Waals surface area contributed by atoms with Crippen molar-refractivity contribution in [3.63, 3.8) is 0 Å². The first-order valence-electron chi connectivity index (χ1n) is 6.84. The van der Waals surface area contributed by atoms with Crippen LogP contribution in [0.2, 0.25) is 0 Å². The number of nitrogens with two attached hydrogens (primary N) is 1. The summed E-state index contributed by atoms with van der Waals surface area (Å²) in [7, 11) is 0. The third kappa shape index (κ3) is 3.66. The Morgan fingerprint density at radius 3 is 2.71 bits per heavy atom. The van der Waals surface area contributed by atoms with Gasteiger partial charge in [-0.15, -0.1) is 0 Å². The van der Waals surface area contributed by atoms with E-state index in [-0.39, 0.29) is 12.1 Å². The van der Waals surface area contributed by atoms with Crippen LogP contribution >= 0.6 is 0 Å². The van der Waals surface area contributed by atoms with Crippen molar-refractivity contribution in [1.29, 1.82) is 0 Å². The van der Waals surface area contributed by atoms with Gasteiger partial charge in [0, 0.05) is 25.4 Å². The highest BCUT2D eigenvalue weighted by Crippen LogP contribution is 2.32. The van der Waals surface area contributed by atoms with E-state index in [0.29, 0.717) is 30.8 Å². The average molecular weight is 301 g/mol. The number of nitrogens with zero attached hydrogens (tertiary/aromatic N) is 2. The lowest BCUT2D eigenvalue weighted by Gasteiger charge is -2.11. The molecular weight excluding hydrogens is 283 g/mol. The Labute approximate surface area is 120 Å². The van der Waals surface area contributed by atoms with Crippen LogP contribution in [0.3, 0.4) is 0 Å². The minimum atomic E-state index is -4.49. The first kappa shape index (κ1) is 15.6. The Balaban J connectivity index is 2.26. The molecule has 0 bridgehead atoms. The summed E-state index contributed by atoms with van der Waals surface area (Å²) in [6.45, 7) is 3.24. The third-order valence-corrected chi connectivity index (χ3v) is 3.04. The standard InChI is InChI=1S/C14H18F3N3O/c1-2-7-21-8-3-6-20-12-5-4-10(18)9-11(12)19-13(20)14(15,16)17/h4-5,9H,2-3,6-8,18H2,1H3. The number of halogens is 3. The molecule has 0 saturated heterocycles. The number of aryl methyl sites for hydroxylation is 1. The fourth-order valence-electron chi connectivity index (χ4n) is 2.16. The normalized spacial score (nSPS) is 12.2. The Morgan fingerprint density at radius 2 is 2.05 bits per heavy atom. The van der Waals surface area contributed by atoms with E-state index in [1.807, 2.05) is 6.92 Å². The summed E-state index contributed by atoms with van der Waals surface area (Å²) in [6.07, 6.45) is -3.10. The molecule has 2 rings (SSSR count). The minimum absolute atomic E-state index is 0.207. The average Bonchev–Trinajstić information content (AvgIpc) is 2.76. The van der Waals surface area contributed by atoms with Crippen LogP contribution in [0, 0.1) is 0 Å². The maximum absolute atomic E-state index is 13.1. The zero-order valence-corrected chi connectivity index (χ0v) is 11.8. The van der Waals surface area contributed by atoms with Crippen LogP contribution in [0.1, 0.15) is 25.6 Å². The lowest BCUT2D eigenvalue weighted by atomic mass is 10.3. The van der Waals surface area contributed by atoms with Crippen molar-refractivity contribution in [2.75, 3.05) is 18.9 Å². The van der Waals surface area contributed by atoms with Crippen molar-refractivity contribution < 1.29 is 17.9 Å². The number of fused-ring (bicyclic) bond motifs is 1. The van der Waals surface area contributed by atoms with E-state index < -0.39 is 12.0 Å². The molecule has 0 atom stereocenters. The van der Waals surface area contributed by atoms with Crippen LogP contribution in [0.25, 0.3) is 11.0 Å². The highest BCUT2D eigenvalue weighted by molar-refractivity contribution is 5.79. The second-order valence-electron chi connectivity index (χ2n) is 4.80. The van der Waals surface area contributed by atoms with Crippen LogP contribution in [-0.2, 0) is 17.5 Å². The van der Waals surface area contributed by atoms with Gasteiger partial charge in [0.05, 0.1) is 11.0 Å². The van der Waals surface area contributed by atoms with Crippen molar-refractivity contribution in [2.45, 2.75) is 32.5 Å². The number of hydrogen-bond acceptors (Lipinski definition) is 3. The number of imidazole rings is 1. The fraction of sp³-hybridized carbons (Fsp3) is 0.500. The molecule has 7 heteroatoms.